The highest BCUT2D eigenvalue weighted by atomic mass is 79.9. The van der Waals surface area contributed by atoms with Crippen molar-refractivity contribution in [2.45, 2.75) is 19.4 Å². The predicted octanol–water partition coefficient (Wildman–Crippen LogP) is 2.12. The van der Waals surface area contributed by atoms with Gasteiger partial charge in [0.1, 0.15) is 0 Å². The Bertz CT molecular complexity index is 370. The van der Waals surface area contributed by atoms with Crippen LogP contribution in [0, 0.1) is 0 Å². The number of hydrogen-bond acceptors (Lipinski definition) is 4. The molecule has 4 nitrogen and oxygen atoms in total. The molecule has 2 N–H and O–H groups in total. The average Bonchev–Trinajstić information content (AvgIpc) is 2.37. The van der Waals surface area contributed by atoms with Crippen molar-refractivity contribution in [3.05, 3.63) is 28.5 Å². The van der Waals surface area contributed by atoms with E-state index in [1.165, 1.54) is 5.56 Å². The molecule has 1 unspecified atom stereocenters. The second-order valence-corrected chi connectivity index (χ2v) is 5.94. The first-order valence-corrected chi connectivity index (χ1v) is 7.57. The quantitative estimate of drug-likeness (QED) is 0.794. The van der Waals surface area contributed by atoms with Gasteiger partial charge < -0.3 is 10.6 Å². The van der Waals surface area contributed by atoms with E-state index in [4.69, 9.17) is 5.73 Å². The third-order valence-electron chi connectivity index (χ3n) is 3.12. The van der Waals surface area contributed by atoms with Crippen LogP contribution in [-0.2, 0) is 0 Å². The fourth-order valence-corrected chi connectivity index (χ4v) is 2.53. The van der Waals surface area contributed by atoms with Gasteiger partial charge in [-0.05, 0) is 54.6 Å². The van der Waals surface area contributed by atoms with Gasteiger partial charge in [-0.1, -0.05) is 6.92 Å². The van der Waals surface area contributed by atoms with Crippen LogP contribution >= 0.6 is 15.9 Å². The summed E-state index contributed by atoms with van der Waals surface area (Å²) in [5, 5.41) is 0. The second-order valence-electron chi connectivity index (χ2n) is 5.03. The lowest BCUT2D eigenvalue weighted by Crippen LogP contribution is -2.38. The molecule has 5 heteroatoms. The average molecular weight is 329 g/mol. The molecule has 0 amide bonds. The second kappa shape index (κ2) is 8.64. The van der Waals surface area contributed by atoms with Crippen molar-refractivity contribution < 1.29 is 0 Å². The summed E-state index contributed by atoms with van der Waals surface area (Å²) in [5.74, 6) is 0. The first-order chi connectivity index (χ1) is 9.08. The van der Waals surface area contributed by atoms with Crippen molar-refractivity contribution in [2.24, 2.45) is 5.73 Å². The molecular weight excluding hydrogens is 304 g/mol. The number of nitrogens with zero attached hydrogens (tertiary/aromatic N) is 3. The molecule has 0 saturated carbocycles. The summed E-state index contributed by atoms with van der Waals surface area (Å²) in [6.45, 7) is 5.94. The summed E-state index contributed by atoms with van der Waals surface area (Å²) in [6.07, 6.45) is 4.85. The zero-order valence-electron chi connectivity index (χ0n) is 12.1. The number of nitrogens with two attached hydrogens (primary N) is 1. The molecule has 0 aliphatic carbocycles. The first kappa shape index (κ1) is 16.6. The fourth-order valence-electron chi connectivity index (χ4n) is 2.15. The van der Waals surface area contributed by atoms with Crippen LogP contribution in [0.5, 0.6) is 0 Å². The van der Waals surface area contributed by atoms with Crippen LogP contribution in [-0.4, -0.2) is 55.1 Å². The molecule has 1 aromatic heterocycles. The van der Waals surface area contributed by atoms with Crippen molar-refractivity contribution in [3.63, 3.8) is 0 Å². The van der Waals surface area contributed by atoms with Crippen molar-refractivity contribution in [2.75, 3.05) is 40.3 Å². The Morgan fingerprint density at radius 3 is 2.53 bits per heavy atom. The van der Waals surface area contributed by atoms with Gasteiger partial charge in [-0.25, -0.2) is 0 Å². The van der Waals surface area contributed by atoms with Crippen molar-refractivity contribution in [3.8, 4) is 0 Å². The van der Waals surface area contributed by atoms with Gasteiger partial charge in [0.2, 0.25) is 0 Å². The maximum Gasteiger partial charge on any atom is 0.0486 e. The molecule has 0 saturated heterocycles. The molecule has 0 spiro atoms. The molecule has 0 aliphatic heterocycles. The summed E-state index contributed by atoms with van der Waals surface area (Å²) in [7, 11) is 4.20. The Hall–Kier alpha value is -0.490. The van der Waals surface area contributed by atoms with Crippen molar-refractivity contribution in [1.82, 2.24) is 14.8 Å². The molecule has 1 heterocycles. The monoisotopic (exact) mass is 328 g/mol. The van der Waals surface area contributed by atoms with Crippen LogP contribution in [0.4, 0.5) is 0 Å². The van der Waals surface area contributed by atoms with Gasteiger partial charge in [0.15, 0.2) is 0 Å². The Morgan fingerprint density at radius 2 is 2.00 bits per heavy atom. The molecule has 0 bridgehead atoms. The van der Waals surface area contributed by atoms with E-state index in [9.17, 15) is 0 Å². The predicted molar refractivity (Wildman–Crippen MR) is 84.2 cm³/mol. The minimum Gasteiger partial charge on any atom is -0.329 e. The Balaban J connectivity index is 2.83. The molecule has 108 valence electrons. The highest BCUT2D eigenvalue weighted by molar-refractivity contribution is 9.10. The number of aromatic nitrogens is 1. The SMILES string of the molecule is CCCN(CCN(C)C)C(CN)c1cncc(Br)c1. The highest BCUT2D eigenvalue weighted by Gasteiger charge is 2.18. The number of halogens is 1. The van der Waals surface area contributed by atoms with Crippen LogP contribution in [0.3, 0.4) is 0 Å². The molecular formula is C14H25BrN4. The smallest absolute Gasteiger partial charge is 0.0486 e. The number of pyridine rings is 1. The van der Waals surface area contributed by atoms with Crippen LogP contribution in [0.2, 0.25) is 0 Å². The topological polar surface area (TPSA) is 45.4 Å². The van der Waals surface area contributed by atoms with Gasteiger partial charge >= 0.3 is 0 Å². The molecule has 1 atom stereocenters. The lowest BCUT2D eigenvalue weighted by Gasteiger charge is -2.31. The van der Waals surface area contributed by atoms with Gasteiger partial charge in [-0.15, -0.1) is 0 Å². The van der Waals surface area contributed by atoms with E-state index in [0.717, 1.165) is 30.5 Å². The normalized spacial score (nSPS) is 13.2. The molecule has 0 aromatic carbocycles. The summed E-state index contributed by atoms with van der Waals surface area (Å²) < 4.78 is 1.01. The van der Waals surface area contributed by atoms with Crippen LogP contribution in [0.15, 0.2) is 22.9 Å². The summed E-state index contributed by atoms with van der Waals surface area (Å²) in [6, 6.07) is 2.35. The van der Waals surface area contributed by atoms with Gasteiger partial charge in [-0.2, -0.15) is 0 Å². The minimum absolute atomic E-state index is 0.241. The maximum atomic E-state index is 5.99. The van der Waals surface area contributed by atoms with Gasteiger partial charge in [-0.3, -0.25) is 9.88 Å². The van der Waals surface area contributed by atoms with Gasteiger partial charge in [0.05, 0.1) is 0 Å². The minimum atomic E-state index is 0.241. The van der Waals surface area contributed by atoms with Crippen LogP contribution in [0.1, 0.15) is 24.9 Å². The molecule has 19 heavy (non-hydrogen) atoms. The van der Waals surface area contributed by atoms with Gasteiger partial charge in [0.25, 0.3) is 0 Å². The third kappa shape index (κ3) is 5.57. The zero-order valence-corrected chi connectivity index (χ0v) is 13.7. The largest absolute Gasteiger partial charge is 0.329 e. The summed E-state index contributed by atoms with van der Waals surface area (Å²) in [5.41, 5.74) is 7.18. The van der Waals surface area contributed by atoms with Crippen molar-refractivity contribution in [1.29, 1.82) is 0 Å². The van der Waals surface area contributed by atoms with Crippen LogP contribution < -0.4 is 5.73 Å². The van der Waals surface area contributed by atoms with Gasteiger partial charge in [0, 0.05) is 42.5 Å². The Labute approximate surface area is 125 Å². The zero-order chi connectivity index (χ0) is 14.3. The molecule has 1 aromatic rings. The third-order valence-corrected chi connectivity index (χ3v) is 3.55. The number of rotatable bonds is 8. The highest BCUT2D eigenvalue weighted by Crippen LogP contribution is 2.22. The molecule has 0 aliphatic rings. The Morgan fingerprint density at radius 1 is 1.26 bits per heavy atom. The van der Waals surface area contributed by atoms with E-state index in [0.29, 0.717) is 6.54 Å². The van der Waals surface area contributed by atoms with E-state index >= 15 is 0 Å². The fraction of sp³-hybridized carbons (Fsp3) is 0.643. The van der Waals surface area contributed by atoms with E-state index in [-0.39, 0.29) is 6.04 Å². The van der Waals surface area contributed by atoms with Crippen LogP contribution in [0.25, 0.3) is 0 Å². The lowest BCUT2D eigenvalue weighted by molar-refractivity contribution is 0.182. The van der Waals surface area contributed by atoms with Crippen molar-refractivity contribution >= 4 is 15.9 Å². The molecule has 0 radical (unpaired) electrons. The summed E-state index contributed by atoms with van der Waals surface area (Å²) in [4.78, 5) is 8.90. The van der Waals surface area contributed by atoms with E-state index < -0.39 is 0 Å². The first-order valence-electron chi connectivity index (χ1n) is 6.77. The van der Waals surface area contributed by atoms with E-state index in [2.05, 4.69) is 57.8 Å². The molecule has 0 fully saturated rings. The van der Waals surface area contributed by atoms with E-state index in [1.54, 1.807) is 6.20 Å². The number of hydrogen-bond donors (Lipinski definition) is 1. The maximum absolute atomic E-state index is 5.99. The lowest BCUT2D eigenvalue weighted by atomic mass is 10.1. The standard InChI is InChI=1S/C14H25BrN4/c1-4-5-19(7-6-18(2)3)14(9-16)12-8-13(15)11-17-10-12/h8,10-11,14H,4-7,9,16H2,1-3H3. The number of likely N-dealkylation sites (N-methyl/N-ethyl adjacent to an activating group) is 1. The van der Waals surface area contributed by atoms with E-state index in [1.807, 2.05) is 6.20 Å². The summed E-state index contributed by atoms with van der Waals surface area (Å²) >= 11 is 3.48. The molecule has 1 rings (SSSR count). The Kier molecular flexibility index (Phi) is 7.53.